The molecule has 9 heteroatoms. The van der Waals surface area contributed by atoms with E-state index in [9.17, 15) is 14.3 Å². The van der Waals surface area contributed by atoms with E-state index in [1.807, 2.05) is 13.8 Å². The smallest absolute Gasteiger partial charge is 0.255 e. The number of carbonyl (C=O) groups excluding carboxylic acids is 1. The molecular weight excluding hydrogens is 375 g/mol. The van der Waals surface area contributed by atoms with Crippen molar-refractivity contribution >= 4 is 28.5 Å². The number of hydrogen-bond acceptors (Lipinski definition) is 6. The van der Waals surface area contributed by atoms with Crippen LogP contribution in [0, 0.1) is 16.6 Å². The summed E-state index contributed by atoms with van der Waals surface area (Å²) in [5.74, 6) is -0.767. The van der Waals surface area contributed by atoms with Crippen LogP contribution in [0.1, 0.15) is 35.5 Å². The van der Waals surface area contributed by atoms with Crippen LogP contribution in [0.3, 0.4) is 0 Å². The Bertz CT molecular complexity index is 1080. The van der Waals surface area contributed by atoms with Crippen LogP contribution < -0.4 is 10.6 Å². The van der Waals surface area contributed by atoms with Crippen molar-refractivity contribution in [2.75, 3.05) is 25.5 Å². The molecule has 3 aromatic rings. The molecule has 0 radical (unpaired) electrons. The van der Waals surface area contributed by atoms with Gasteiger partial charge < -0.3 is 20.7 Å². The summed E-state index contributed by atoms with van der Waals surface area (Å²) < 4.78 is 13.5. The Morgan fingerprint density at radius 2 is 2.10 bits per heavy atom. The Hall–Kier alpha value is -3.33. The van der Waals surface area contributed by atoms with Crippen molar-refractivity contribution in [1.29, 1.82) is 5.41 Å². The highest BCUT2D eigenvalue weighted by molar-refractivity contribution is 6.14. The van der Waals surface area contributed by atoms with Crippen LogP contribution in [-0.2, 0) is 0 Å². The van der Waals surface area contributed by atoms with Gasteiger partial charge in [-0.3, -0.25) is 10.2 Å². The number of nitrogens with one attached hydrogen (secondary N) is 4. The maximum absolute atomic E-state index is 13.5. The van der Waals surface area contributed by atoms with Gasteiger partial charge in [0.15, 0.2) is 5.65 Å². The SMILES string of the molecule is CNc1cc(F)ccc1C(=N)c1cnc2[nH]cc(C(=O)NCC(C)(C)CO)c2n1. The molecule has 0 atom stereocenters. The van der Waals surface area contributed by atoms with Crippen molar-refractivity contribution in [2.45, 2.75) is 13.8 Å². The monoisotopic (exact) mass is 398 g/mol. The van der Waals surface area contributed by atoms with Crippen molar-refractivity contribution in [1.82, 2.24) is 20.3 Å². The second-order valence-corrected chi connectivity index (χ2v) is 7.47. The third-order valence-corrected chi connectivity index (χ3v) is 4.56. The molecule has 2 aromatic heterocycles. The second-order valence-electron chi connectivity index (χ2n) is 7.47. The lowest BCUT2D eigenvalue weighted by molar-refractivity contribution is 0.0912. The average molecular weight is 398 g/mol. The summed E-state index contributed by atoms with van der Waals surface area (Å²) in [5, 5.41) is 23.5. The molecule has 5 N–H and O–H groups in total. The third-order valence-electron chi connectivity index (χ3n) is 4.56. The molecule has 0 saturated carbocycles. The maximum Gasteiger partial charge on any atom is 0.255 e. The summed E-state index contributed by atoms with van der Waals surface area (Å²) in [4.78, 5) is 24.2. The minimum Gasteiger partial charge on any atom is -0.396 e. The van der Waals surface area contributed by atoms with E-state index in [1.165, 1.54) is 30.6 Å². The molecule has 1 aromatic carbocycles. The van der Waals surface area contributed by atoms with Crippen molar-refractivity contribution in [3.8, 4) is 0 Å². The molecule has 8 nitrogen and oxygen atoms in total. The van der Waals surface area contributed by atoms with E-state index in [0.717, 1.165) is 0 Å². The Kier molecular flexibility index (Phi) is 5.60. The Balaban J connectivity index is 1.93. The normalized spacial score (nSPS) is 11.5. The first-order chi connectivity index (χ1) is 13.8. The number of H-pyrrole nitrogens is 1. The molecule has 29 heavy (non-hydrogen) atoms. The number of aliphatic hydroxyl groups is 1. The number of aliphatic hydroxyl groups excluding tert-OH is 1. The number of benzene rings is 1. The molecule has 0 unspecified atom stereocenters. The summed E-state index contributed by atoms with van der Waals surface area (Å²) in [6.45, 7) is 3.90. The first kappa shape index (κ1) is 20.4. The van der Waals surface area contributed by atoms with Crippen molar-refractivity contribution in [3.63, 3.8) is 0 Å². The zero-order valence-corrected chi connectivity index (χ0v) is 16.4. The summed E-state index contributed by atoms with van der Waals surface area (Å²) in [7, 11) is 1.64. The van der Waals surface area contributed by atoms with Crippen LogP contribution in [0.2, 0.25) is 0 Å². The number of carbonyl (C=O) groups is 1. The molecule has 2 heterocycles. The van der Waals surface area contributed by atoms with E-state index in [-0.39, 0.29) is 23.9 Å². The number of fused-ring (bicyclic) bond motifs is 1. The molecular formula is C20H23FN6O2. The summed E-state index contributed by atoms with van der Waals surface area (Å²) in [6.07, 6.45) is 2.94. The van der Waals surface area contributed by atoms with Gasteiger partial charge in [-0.25, -0.2) is 14.4 Å². The zero-order valence-electron chi connectivity index (χ0n) is 16.4. The predicted octanol–water partition coefficient (Wildman–Crippen LogP) is 2.30. The van der Waals surface area contributed by atoms with Crippen molar-refractivity contribution in [3.05, 3.63) is 53.2 Å². The standard InChI is InChI=1S/C20H23FN6O2/c1-20(2,10-28)9-26-19(29)13-7-24-18-17(13)27-15(8-25-18)16(22)12-5-4-11(21)6-14(12)23-3/h4-8,22-23,28H,9-10H2,1-3H3,(H,24,25)(H,26,29). The number of amides is 1. The van der Waals surface area contributed by atoms with Gasteiger partial charge in [-0.05, 0) is 18.2 Å². The van der Waals surface area contributed by atoms with E-state index in [0.29, 0.717) is 34.5 Å². The van der Waals surface area contributed by atoms with Gasteiger partial charge in [0.25, 0.3) is 5.91 Å². The van der Waals surface area contributed by atoms with E-state index in [1.54, 1.807) is 7.05 Å². The number of hydrogen-bond donors (Lipinski definition) is 5. The van der Waals surface area contributed by atoms with Crippen molar-refractivity contribution < 1.29 is 14.3 Å². The van der Waals surface area contributed by atoms with Gasteiger partial charge in [-0.2, -0.15) is 0 Å². The van der Waals surface area contributed by atoms with Crippen LogP contribution in [-0.4, -0.2) is 51.9 Å². The first-order valence-corrected chi connectivity index (χ1v) is 9.05. The fourth-order valence-electron chi connectivity index (χ4n) is 2.73. The molecule has 0 aliphatic heterocycles. The number of aromatic amines is 1. The summed E-state index contributed by atoms with van der Waals surface area (Å²) in [6, 6.07) is 4.07. The van der Waals surface area contributed by atoms with E-state index < -0.39 is 11.2 Å². The highest BCUT2D eigenvalue weighted by Gasteiger charge is 2.21. The lowest BCUT2D eigenvalue weighted by atomic mass is 9.95. The second kappa shape index (κ2) is 7.96. The molecule has 0 fully saturated rings. The molecule has 1 amide bonds. The Morgan fingerprint density at radius 1 is 1.34 bits per heavy atom. The highest BCUT2D eigenvalue weighted by atomic mass is 19.1. The van der Waals surface area contributed by atoms with Crippen LogP contribution in [0.4, 0.5) is 10.1 Å². The quantitative estimate of drug-likeness (QED) is 0.390. The largest absolute Gasteiger partial charge is 0.396 e. The lowest BCUT2D eigenvalue weighted by Gasteiger charge is -2.21. The number of rotatable bonds is 7. The topological polar surface area (TPSA) is 127 Å². The molecule has 0 aliphatic rings. The first-order valence-electron chi connectivity index (χ1n) is 9.05. The number of anilines is 1. The van der Waals surface area contributed by atoms with E-state index in [2.05, 4.69) is 25.6 Å². The van der Waals surface area contributed by atoms with Crippen LogP contribution in [0.15, 0.2) is 30.6 Å². The van der Waals surface area contributed by atoms with E-state index >= 15 is 0 Å². The van der Waals surface area contributed by atoms with Gasteiger partial charge in [0, 0.05) is 43.1 Å². The van der Waals surface area contributed by atoms with Crippen LogP contribution in [0.5, 0.6) is 0 Å². The minimum atomic E-state index is -0.452. The fraction of sp³-hybridized carbons (Fsp3) is 0.300. The van der Waals surface area contributed by atoms with Gasteiger partial charge in [-0.15, -0.1) is 0 Å². The minimum absolute atomic E-state index is 0.0534. The summed E-state index contributed by atoms with van der Waals surface area (Å²) >= 11 is 0. The molecule has 0 aliphatic carbocycles. The van der Waals surface area contributed by atoms with Gasteiger partial charge in [-0.1, -0.05) is 13.8 Å². The van der Waals surface area contributed by atoms with Gasteiger partial charge in [0.05, 0.1) is 17.5 Å². The average Bonchev–Trinajstić information content (AvgIpc) is 3.14. The van der Waals surface area contributed by atoms with Gasteiger partial charge >= 0.3 is 0 Å². The zero-order chi connectivity index (χ0) is 21.2. The van der Waals surface area contributed by atoms with Crippen molar-refractivity contribution in [2.24, 2.45) is 5.41 Å². The highest BCUT2D eigenvalue weighted by Crippen LogP contribution is 2.21. The molecule has 0 spiro atoms. The van der Waals surface area contributed by atoms with Crippen LogP contribution >= 0.6 is 0 Å². The molecule has 3 rings (SSSR count). The van der Waals surface area contributed by atoms with Gasteiger partial charge in [0.1, 0.15) is 17.0 Å². The number of nitrogens with zero attached hydrogens (tertiary/aromatic N) is 2. The van der Waals surface area contributed by atoms with Gasteiger partial charge in [0.2, 0.25) is 0 Å². The summed E-state index contributed by atoms with van der Waals surface area (Å²) in [5.41, 5.74) is 1.82. The van der Waals surface area contributed by atoms with Crippen LogP contribution in [0.25, 0.3) is 11.2 Å². The maximum atomic E-state index is 13.5. The Morgan fingerprint density at radius 3 is 2.79 bits per heavy atom. The Labute approximate surface area is 167 Å². The fourth-order valence-corrected chi connectivity index (χ4v) is 2.73. The number of aromatic nitrogens is 3. The molecule has 0 saturated heterocycles. The molecule has 152 valence electrons. The third kappa shape index (κ3) is 4.24. The predicted molar refractivity (Wildman–Crippen MR) is 109 cm³/mol. The number of halogens is 1. The molecule has 0 bridgehead atoms. The lowest BCUT2D eigenvalue weighted by Crippen LogP contribution is -2.36. The van der Waals surface area contributed by atoms with E-state index in [4.69, 9.17) is 5.41 Å².